The number of benzene rings is 1. The number of aliphatic hydroxyl groups is 1. The molecule has 1 fully saturated rings. The summed E-state index contributed by atoms with van der Waals surface area (Å²) in [5.74, 6) is 0.114. The van der Waals surface area contributed by atoms with Gasteiger partial charge in [0.15, 0.2) is 0 Å². The first-order valence-electron chi connectivity index (χ1n) is 6.85. The molecule has 1 aliphatic carbocycles. The third kappa shape index (κ3) is 3.81. The van der Waals surface area contributed by atoms with E-state index in [0.29, 0.717) is 12.6 Å². The normalized spacial score (nSPS) is 16.2. The zero-order chi connectivity index (χ0) is 14.7. The van der Waals surface area contributed by atoms with Gasteiger partial charge in [-0.2, -0.15) is 0 Å². The van der Waals surface area contributed by atoms with E-state index in [9.17, 15) is 9.90 Å². The molecule has 2 rings (SSSR count). The first-order valence-corrected chi connectivity index (χ1v) is 7.64. The van der Waals surface area contributed by atoms with E-state index in [1.807, 2.05) is 48.2 Å². The summed E-state index contributed by atoms with van der Waals surface area (Å²) >= 11 is 3.43. The highest BCUT2D eigenvalue weighted by Gasteiger charge is 2.30. The van der Waals surface area contributed by atoms with Crippen LogP contribution in [0.1, 0.15) is 24.4 Å². The van der Waals surface area contributed by atoms with Gasteiger partial charge in [0.25, 0.3) is 0 Å². The largest absolute Gasteiger partial charge is 0.394 e. The molecule has 0 spiro atoms. The van der Waals surface area contributed by atoms with E-state index in [4.69, 9.17) is 0 Å². The van der Waals surface area contributed by atoms with Crippen LogP contribution in [-0.4, -0.2) is 54.1 Å². The molecule has 1 aliphatic rings. The van der Waals surface area contributed by atoms with Gasteiger partial charge in [-0.25, -0.2) is 0 Å². The monoisotopic (exact) mass is 340 g/mol. The molecule has 1 N–H and O–H groups in total. The van der Waals surface area contributed by atoms with Crippen molar-refractivity contribution in [1.29, 1.82) is 0 Å². The third-order valence-electron chi connectivity index (χ3n) is 3.81. The number of aliphatic hydroxyl groups excluding tert-OH is 1. The maximum absolute atomic E-state index is 12.1. The van der Waals surface area contributed by atoms with Gasteiger partial charge in [-0.05, 0) is 37.6 Å². The lowest BCUT2D eigenvalue weighted by molar-refractivity contribution is -0.132. The molecule has 0 bridgehead atoms. The summed E-state index contributed by atoms with van der Waals surface area (Å²) in [4.78, 5) is 15.9. The zero-order valence-electron chi connectivity index (χ0n) is 11.9. The van der Waals surface area contributed by atoms with Crippen LogP contribution in [0.15, 0.2) is 28.7 Å². The van der Waals surface area contributed by atoms with Gasteiger partial charge >= 0.3 is 0 Å². The zero-order valence-corrected chi connectivity index (χ0v) is 13.5. The summed E-state index contributed by atoms with van der Waals surface area (Å²) in [6.45, 7) is 0.318. The van der Waals surface area contributed by atoms with Crippen molar-refractivity contribution in [2.75, 3.05) is 27.2 Å². The van der Waals surface area contributed by atoms with Crippen LogP contribution in [0.2, 0.25) is 0 Å². The van der Waals surface area contributed by atoms with Gasteiger partial charge in [0.1, 0.15) is 0 Å². The van der Waals surface area contributed by atoms with Gasteiger partial charge in [0.2, 0.25) is 5.91 Å². The smallest absolute Gasteiger partial charge is 0.236 e. The molecule has 5 heteroatoms. The Morgan fingerprint density at radius 1 is 1.45 bits per heavy atom. The summed E-state index contributed by atoms with van der Waals surface area (Å²) in [6, 6.07) is 8.10. The van der Waals surface area contributed by atoms with Crippen LogP contribution >= 0.6 is 15.9 Å². The first-order chi connectivity index (χ1) is 9.52. The van der Waals surface area contributed by atoms with Crippen LogP contribution in [-0.2, 0) is 4.79 Å². The number of amides is 1. The van der Waals surface area contributed by atoms with E-state index in [1.165, 1.54) is 0 Å². The summed E-state index contributed by atoms with van der Waals surface area (Å²) < 4.78 is 0.975. The average Bonchev–Trinajstić information content (AvgIpc) is 3.23. The molecule has 1 unspecified atom stereocenters. The molecular weight excluding hydrogens is 320 g/mol. The number of halogens is 1. The molecule has 1 amide bonds. The van der Waals surface area contributed by atoms with Gasteiger partial charge in [0.05, 0.1) is 19.2 Å². The standard InChI is InChI=1S/C15H21BrN2O2/c1-17(9-15(20)18(2)13-6-7-13)14(10-19)11-4-3-5-12(16)8-11/h3-5,8,13-14,19H,6-7,9-10H2,1-2H3. The SMILES string of the molecule is CN(CC(=O)N(C)C1CC1)C(CO)c1cccc(Br)c1. The van der Waals surface area contributed by atoms with Crippen LogP contribution in [0.5, 0.6) is 0 Å². The molecule has 0 heterocycles. The molecule has 0 radical (unpaired) electrons. The highest BCUT2D eigenvalue weighted by atomic mass is 79.9. The fourth-order valence-electron chi connectivity index (χ4n) is 2.31. The van der Waals surface area contributed by atoms with Crippen molar-refractivity contribution in [1.82, 2.24) is 9.80 Å². The van der Waals surface area contributed by atoms with E-state index >= 15 is 0 Å². The van der Waals surface area contributed by atoms with E-state index in [2.05, 4.69) is 15.9 Å². The molecular formula is C15H21BrN2O2. The van der Waals surface area contributed by atoms with Gasteiger partial charge in [-0.15, -0.1) is 0 Å². The Balaban J connectivity index is 2.01. The molecule has 1 aromatic carbocycles. The Kier molecular flexibility index (Phi) is 5.18. The number of rotatable bonds is 6. The molecule has 0 aliphatic heterocycles. The van der Waals surface area contributed by atoms with E-state index < -0.39 is 0 Å². The van der Waals surface area contributed by atoms with Gasteiger partial charge in [-0.1, -0.05) is 28.1 Å². The topological polar surface area (TPSA) is 43.8 Å². The maximum atomic E-state index is 12.1. The van der Waals surface area contributed by atoms with E-state index in [-0.39, 0.29) is 18.6 Å². The Bertz CT molecular complexity index is 477. The Morgan fingerprint density at radius 2 is 2.15 bits per heavy atom. The quantitative estimate of drug-likeness (QED) is 0.861. The van der Waals surface area contributed by atoms with Crippen molar-refractivity contribution < 1.29 is 9.90 Å². The van der Waals surface area contributed by atoms with Crippen molar-refractivity contribution in [3.05, 3.63) is 34.3 Å². The second-order valence-corrected chi connectivity index (χ2v) is 6.32. The lowest BCUT2D eigenvalue weighted by atomic mass is 10.1. The number of likely N-dealkylation sites (N-methyl/N-ethyl adjacent to an activating group) is 2. The van der Waals surface area contributed by atoms with Gasteiger partial charge < -0.3 is 10.0 Å². The van der Waals surface area contributed by atoms with Crippen LogP contribution in [0.4, 0.5) is 0 Å². The van der Waals surface area contributed by atoms with Crippen LogP contribution in [0.25, 0.3) is 0 Å². The second-order valence-electron chi connectivity index (χ2n) is 5.40. The Hall–Kier alpha value is -0.910. The van der Waals surface area contributed by atoms with Crippen molar-refractivity contribution in [3.63, 3.8) is 0 Å². The fraction of sp³-hybridized carbons (Fsp3) is 0.533. The van der Waals surface area contributed by atoms with Gasteiger partial charge in [0, 0.05) is 17.6 Å². The molecule has 0 saturated heterocycles. The number of carbonyl (C=O) groups excluding carboxylic acids is 1. The highest BCUT2D eigenvalue weighted by molar-refractivity contribution is 9.10. The van der Waals surface area contributed by atoms with Crippen molar-refractivity contribution in [3.8, 4) is 0 Å². The molecule has 1 aromatic rings. The van der Waals surface area contributed by atoms with Crippen molar-refractivity contribution in [2.45, 2.75) is 24.9 Å². The molecule has 110 valence electrons. The average molecular weight is 341 g/mol. The van der Waals surface area contributed by atoms with Gasteiger partial charge in [-0.3, -0.25) is 9.69 Å². The maximum Gasteiger partial charge on any atom is 0.236 e. The van der Waals surface area contributed by atoms with E-state index in [1.54, 1.807) is 0 Å². The second kappa shape index (κ2) is 6.70. The fourth-order valence-corrected chi connectivity index (χ4v) is 2.73. The molecule has 20 heavy (non-hydrogen) atoms. The summed E-state index contributed by atoms with van der Waals surface area (Å²) in [5, 5.41) is 9.63. The van der Waals surface area contributed by atoms with E-state index in [0.717, 1.165) is 22.9 Å². The summed E-state index contributed by atoms with van der Waals surface area (Å²) in [7, 11) is 3.74. The minimum absolute atomic E-state index is 0.00657. The first kappa shape index (κ1) is 15.5. The van der Waals surface area contributed by atoms with Crippen LogP contribution in [0, 0.1) is 0 Å². The number of nitrogens with zero attached hydrogens (tertiary/aromatic N) is 2. The Morgan fingerprint density at radius 3 is 2.70 bits per heavy atom. The third-order valence-corrected chi connectivity index (χ3v) is 4.30. The highest BCUT2D eigenvalue weighted by Crippen LogP contribution is 2.26. The molecule has 0 aromatic heterocycles. The number of carbonyl (C=O) groups is 1. The Labute approximate surface area is 128 Å². The lowest BCUT2D eigenvalue weighted by Gasteiger charge is -2.28. The molecule has 1 atom stereocenters. The number of hydrogen-bond acceptors (Lipinski definition) is 3. The lowest BCUT2D eigenvalue weighted by Crippen LogP contribution is -2.40. The molecule has 1 saturated carbocycles. The summed E-state index contributed by atoms with van der Waals surface area (Å²) in [6.07, 6.45) is 2.22. The number of hydrogen-bond donors (Lipinski definition) is 1. The van der Waals surface area contributed by atoms with Crippen LogP contribution in [0.3, 0.4) is 0 Å². The summed E-state index contributed by atoms with van der Waals surface area (Å²) in [5.41, 5.74) is 1.01. The van der Waals surface area contributed by atoms with Crippen molar-refractivity contribution >= 4 is 21.8 Å². The minimum atomic E-state index is -0.163. The van der Waals surface area contributed by atoms with Crippen LogP contribution < -0.4 is 0 Å². The predicted molar refractivity (Wildman–Crippen MR) is 82.4 cm³/mol. The van der Waals surface area contributed by atoms with Crippen molar-refractivity contribution in [2.24, 2.45) is 0 Å². The predicted octanol–water partition coefficient (Wildman–Crippen LogP) is 2.04. The minimum Gasteiger partial charge on any atom is -0.394 e. The molecule has 4 nitrogen and oxygen atoms in total.